The van der Waals surface area contributed by atoms with Gasteiger partial charge in [0.1, 0.15) is 12.2 Å². The first-order chi connectivity index (χ1) is 12.1. The molecular weight excluding hydrogens is 318 g/mol. The molecule has 132 valence electrons. The van der Waals surface area contributed by atoms with E-state index in [2.05, 4.69) is 16.9 Å². The molecule has 25 heavy (non-hydrogen) atoms. The first-order valence-corrected chi connectivity index (χ1v) is 8.41. The molecule has 0 bridgehead atoms. The van der Waals surface area contributed by atoms with Crippen molar-refractivity contribution < 1.29 is 9.59 Å². The largest absolute Gasteiger partial charge is 0.346 e. The number of aldehydes is 1. The molecule has 0 radical (unpaired) electrons. The normalized spacial score (nSPS) is 11.8. The van der Waals surface area contributed by atoms with Crippen LogP contribution in [0.4, 0.5) is 10.5 Å². The van der Waals surface area contributed by atoms with Gasteiger partial charge in [-0.05, 0) is 18.9 Å². The second-order valence-corrected chi connectivity index (χ2v) is 5.94. The van der Waals surface area contributed by atoms with Crippen LogP contribution < -0.4 is 4.90 Å². The van der Waals surface area contributed by atoms with Crippen molar-refractivity contribution in [1.82, 2.24) is 14.9 Å². The highest BCUT2D eigenvalue weighted by Crippen LogP contribution is 2.32. The number of aromatic amines is 1. The van der Waals surface area contributed by atoms with Gasteiger partial charge < -0.3 is 9.88 Å². The van der Waals surface area contributed by atoms with E-state index in [1.807, 2.05) is 19.1 Å². The minimum absolute atomic E-state index is 0.0182. The Morgan fingerprint density at radius 1 is 1.48 bits per heavy atom. The first kappa shape index (κ1) is 18.5. The molecule has 1 unspecified atom stereocenters. The summed E-state index contributed by atoms with van der Waals surface area (Å²) in [5, 5.41) is 9.66. The Balaban J connectivity index is 2.66. The molecule has 0 aliphatic carbocycles. The summed E-state index contributed by atoms with van der Waals surface area (Å²) < 4.78 is 0. The van der Waals surface area contributed by atoms with E-state index in [1.54, 1.807) is 18.1 Å². The number of fused-ring (bicyclic) bond motifs is 1. The lowest BCUT2D eigenvalue weighted by Gasteiger charge is -2.35. The monoisotopic (exact) mass is 341 g/mol. The van der Waals surface area contributed by atoms with Gasteiger partial charge in [0, 0.05) is 30.9 Å². The lowest BCUT2D eigenvalue weighted by molar-refractivity contribution is 0.112. The summed E-state index contributed by atoms with van der Waals surface area (Å²) in [6.07, 6.45) is 6.38. The van der Waals surface area contributed by atoms with Crippen LogP contribution in [0, 0.1) is 11.3 Å². The van der Waals surface area contributed by atoms with E-state index in [9.17, 15) is 9.59 Å². The third kappa shape index (κ3) is 3.63. The number of aromatic nitrogens is 2. The molecule has 2 aromatic heterocycles. The van der Waals surface area contributed by atoms with Crippen LogP contribution in [-0.2, 0) is 0 Å². The van der Waals surface area contributed by atoms with E-state index < -0.39 is 0 Å². The molecule has 2 heterocycles. The fraction of sp³-hybridized carbons (Fsp3) is 0.444. The van der Waals surface area contributed by atoms with Crippen LogP contribution in [0.2, 0.25) is 0 Å². The maximum Gasteiger partial charge on any atom is 0.325 e. The molecule has 0 fully saturated rings. The summed E-state index contributed by atoms with van der Waals surface area (Å²) in [6, 6.07) is 3.44. The fourth-order valence-corrected chi connectivity index (χ4v) is 3.01. The summed E-state index contributed by atoms with van der Waals surface area (Å²) >= 11 is 0. The minimum atomic E-state index is -0.293. The summed E-state index contributed by atoms with van der Waals surface area (Å²) in [5.41, 5.74) is 1.53. The predicted octanol–water partition coefficient (Wildman–Crippen LogP) is 3.34. The lowest BCUT2D eigenvalue weighted by atomic mass is 10.0. The van der Waals surface area contributed by atoms with Crippen LogP contribution in [0.3, 0.4) is 0 Å². The van der Waals surface area contributed by atoms with Gasteiger partial charge in [-0.25, -0.2) is 9.78 Å². The van der Waals surface area contributed by atoms with Crippen LogP contribution >= 0.6 is 0 Å². The van der Waals surface area contributed by atoms with Gasteiger partial charge in [0.05, 0.1) is 17.3 Å². The number of H-pyrrole nitrogens is 1. The summed E-state index contributed by atoms with van der Waals surface area (Å²) in [4.78, 5) is 35.0. The predicted molar refractivity (Wildman–Crippen MR) is 96.6 cm³/mol. The highest BCUT2D eigenvalue weighted by atomic mass is 16.2. The number of nitrogens with one attached hydrogen (secondary N) is 1. The fourth-order valence-electron chi connectivity index (χ4n) is 3.01. The van der Waals surface area contributed by atoms with Gasteiger partial charge in [0.25, 0.3) is 0 Å². The van der Waals surface area contributed by atoms with Crippen LogP contribution in [-0.4, -0.2) is 46.8 Å². The van der Waals surface area contributed by atoms with Crippen molar-refractivity contribution >= 4 is 29.0 Å². The summed E-state index contributed by atoms with van der Waals surface area (Å²) in [6.45, 7) is 4.06. The molecular formula is C18H23N5O2. The second kappa shape index (κ2) is 8.29. The van der Waals surface area contributed by atoms with Crippen molar-refractivity contribution in [3.05, 3.63) is 24.0 Å². The highest BCUT2D eigenvalue weighted by Gasteiger charge is 2.30. The molecule has 7 heteroatoms. The third-order valence-electron chi connectivity index (χ3n) is 4.25. The van der Waals surface area contributed by atoms with Crippen molar-refractivity contribution in [2.45, 2.75) is 39.2 Å². The Bertz CT molecular complexity index is 792. The van der Waals surface area contributed by atoms with E-state index in [1.165, 1.54) is 11.1 Å². The SMILES string of the molecule is CCCC(CC)N(C(=O)N(C)CC#N)c1c(C=O)cnc2[nH]ccc12. The Kier molecular flexibility index (Phi) is 6.12. The Morgan fingerprint density at radius 3 is 2.84 bits per heavy atom. The number of rotatable bonds is 7. The molecule has 1 N–H and O–H groups in total. The third-order valence-corrected chi connectivity index (χ3v) is 4.25. The number of pyridine rings is 1. The van der Waals surface area contributed by atoms with Crippen molar-refractivity contribution in [2.24, 2.45) is 0 Å². The average Bonchev–Trinajstić information content (AvgIpc) is 3.09. The Morgan fingerprint density at radius 2 is 2.24 bits per heavy atom. The number of hydrogen-bond donors (Lipinski definition) is 1. The number of anilines is 1. The molecule has 0 saturated carbocycles. The first-order valence-electron chi connectivity index (χ1n) is 8.41. The average molecular weight is 341 g/mol. The van der Waals surface area contributed by atoms with Crippen LogP contribution in [0.1, 0.15) is 43.5 Å². The molecule has 0 saturated heterocycles. The van der Waals surface area contributed by atoms with Gasteiger partial charge in [0.2, 0.25) is 0 Å². The maximum atomic E-state index is 13.1. The lowest BCUT2D eigenvalue weighted by Crippen LogP contribution is -2.47. The Hall–Kier alpha value is -2.88. The summed E-state index contributed by atoms with van der Waals surface area (Å²) in [5.74, 6) is 0. The Labute approximate surface area is 147 Å². The maximum absolute atomic E-state index is 13.1. The van der Waals surface area contributed by atoms with Gasteiger partial charge in [-0.1, -0.05) is 20.3 Å². The van der Waals surface area contributed by atoms with Crippen molar-refractivity contribution in [2.75, 3.05) is 18.5 Å². The quantitative estimate of drug-likeness (QED) is 0.617. The highest BCUT2D eigenvalue weighted by molar-refractivity contribution is 6.07. The topological polar surface area (TPSA) is 93.1 Å². The van der Waals surface area contributed by atoms with E-state index in [0.29, 0.717) is 16.9 Å². The molecule has 0 aliphatic rings. The summed E-state index contributed by atoms with van der Waals surface area (Å²) in [7, 11) is 1.59. The van der Waals surface area contributed by atoms with Gasteiger partial charge in [-0.3, -0.25) is 9.69 Å². The van der Waals surface area contributed by atoms with E-state index in [4.69, 9.17) is 5.26 Å². The van der Waals surface area contributed by atoms with E-state index >= 15 is 0 Å². The number of amides is 2. The van der Waals surface area contributed by atoms with Crippen LogP contribution in [0.5, 0.6) is 0 Å². The van der Waals surface area contributed by atoms with Crippen molar-refractivity contribution in [3.63, 3.8) is 0 Å². The van der Waals surface area contributed by atoms with Gasteiger partial charge in [0.15, 0.2) is 6.29 Å². The minimum Gasteiger partial charge on any atom is -0.346 e. The van der Waals surface area contributed by atoms with E-state index in [-0.39, 0.29) is 18.6 Å². The zero-order chi connectivity index (χ0) is 18.4. The number of nitriles is 1. The van der Waals surface area contributed by atoms with Gasteiger partial charge in [-0.2, -0.15) is 5.26 Å². The smallest absolute Gasteiger partial charge is 0.325 e. The van der Waals surface area contributed by atoms with Gasteiger partial charge >= 0.3 is 6.03 Å². The molecule has 2 aromatic rings. The number of urea groups is 1. The molecule has 0 spiro atoms. The van der Waals surface area contributed by atoms with Crippen LogP contribution in [0.25, 0.3) is 11.0 Å². The molecule has 7 nitrogen and oxygen atoms in total. The number of carbonyl (C=O) groups is 2. The molecule has 2 amide bonds. The number of hydrogen-bond acceptors (Lipinski definition) is 4. The van der Waals surface area contributed by atoms with E-state index in [0.717, 1.165) is 30.9 Å². The van der Waals surface area contributed by atoms with Crippen molar-refractivity contribution in [3.8, 4) is 6.07 Å². The molecule has 0 aliphatic heterocycles. The zero-order valence-electron chi connectivity index (χ0n) is 14.8. The second-order valence-electron chi connectivity index (χ2n) is 5.94. The zero-order valence-corrected chi connectivity index (χ0v) is 14.8. The number of nitrogens with zero attached hydrogens (tertiary/aromatic N) is 4. The van der Waals surface area contributed by atoms with Gasteiger partial charge in [-0.15, -0.1) is 0 Å². The standard InChI is InChI=1S/C18H23N5O2/c1-4-6-14(5-2)23(18(25)22(3)10-8-19)16-13(12-24)11-21-17-15(16)7-9-20-17/h7,9,11-12,14H,4-6,10H2,1-3H3,(H,20,21). The molecule has 0 aromatic carbocycles. The molecule has 2 rings (SSSR count). The van der Waals surface area contributed by atoms with Crippen molar-refractivity contribution in [1.29, 1.82) is 5.26 Å². The molecule has 1 atom stereocenters. The van der Waals surface area contributed by atoms with Crippen LogP contribution in [0.15, 0.2) is 18.5 Å². The number of carbonyl (C=O) groups excluding carboxylic acids is 2.